The van der Waals surface area contributed by atoms with Crippen LogP contribution in [0.3, 0.4) is 0 Å². The van der Waals surface area contributed by atoms with Gasteiger partial charge in [-0.2, -0.15) is 0 Å². The first-order valence-corrected chi connectivity index (χ1v) is 6.35. The Bertz CT molecular complexity index is 530. The Morgan fingerprint density at radius 1 is 1.35 bits per heavy atom. The summed E-state index contributed by atoms with van der Waals surface area (Å²) in [7, 11) is 0. The van der Waals surface area contributed by atoms with Gasteiger partial charge in [-0.15, -0.1) is 0 Å². The average Bonchev–Trinajstić information content (AvgIpc) is 2.74. The maximum Gasteiger partial charge on any atom is 0.132 e. The number of fused-ring (bicyclic) bond motifs is 1. The minimum Gasteiger partial charge on any atom is -0.346 e. The molecule has 1 aromatic heterocycles. The third-order valence-corrected chi connectivity index (χ3v) is 3.29. The van der Waals surface area contributed by atoms with Crippen LogP contribution in [0.5, 0.6) is 0 Å². The molecule has 2 rings (SSSR count). The Morgan fingerprint density at radius 3 is 2.94 bits per heavy atom. The molecule has 1 aromatic carbocycles. The van der Waals surface area contributed by atoms with Crippen LogP contribution < -0.4 is 0 Å². The predicted octanol–water partition coefficient (Wildman–Crippen LogP) is 4.05. The van der Waals surface area contributed by atoms with Crippen molar-refractivity contribution in [3.8, 4) is 0 Å². The van der Waals surface area contributed by atoms with Crippen LogP contribution >= 0.6 is 11.6 Å². The number of para-hydroxylation sites is 1. The van der Waals surface area contributed by atoms with Crippen LogP contribution in [0.1, 0.15) is 26.2 Å². The number of carbonyl (C=O) groups is 1. The fourth-order valence-corrected chi connectivity index (χ4v) is 2.31. The minimum atomic E-state index is 0.326. The van der Waals surface area contributed by atoms with Gasteiger partial charge < -0.3 is 4.57 Å². The third kappa shape index (κ3) is 2.70. The number of aryl methyl sites for hydroxylation is 1. The van der Waals surface area contributed by atoms with Crippen LogP contribution in [0.2, 0.25) is 5.02 Å². The zero-order valence-corrected chi connectivity index (χ0v) is 10.7. The summed E-state index contributed by atoms with van der Waals surface area (Å²) in [5, 5.41) is 1.92. The number of halogens is 1. The monoisotopic (exact) mass is 249 g/mol. The van der Waals surface area contributed by atoms with E-state index in [-0.39, 0.29) is 0 Å². The Hall–Kier alpha value is -1.28. The zero-order chi connectivity index (χ0) is 12.3. The lowest BCUT2D eigenvalue weighted by Crippen LogP contribution is -2.01. The summed E-state index contributed by atoms with van der Waals surface area (Å²) in [6, 6.07) is 7.96. The average molecular weight is 250 g/mol. The molecular formula is C14H16ClNO. The van der Waals surface area contributed by atoms with Gasteiger partial charge in [-0.3, -0.25) is 4.79 Å². The molecule has 0 bridgehead atoms. The summed E-state index contributed by atoms with van der Waals surface area (Å²) < 4.78 is 2.13. The Balaban J connectivity index is 2.11. The highest BCUT2D eigenvalue weighted by Crippen LogP contribution is 2.24. The van der Waals surface area contributed by atoms with Crippen molar-refractivity contribution in [1.82, 2.24) is 4.57 Å². The van der Waals surface area contributed by atoms with Gasteiger partial charge in [-0.25, -0.2) is 0 Å². The van der Waals surface area contributed by atoms with E-state index in [1.165, 1.54) is 0 Å². The van der Waals surface area contributed by atoms with E-state index in [0.717, 1.165) is 28.9 Å². The van der Waals surface area contributed by atoms with Gasteiger partial charge in [0.25, 0.3) is 0 Å². The summed E-state index contributed by atoms with van der Waals surface area (Å²) in [5.74, 6) is 0.326. The molecule has 0 fully saturated rings. The minimum absolute atomic E-state index is 0.326. The molecule has 2 aromatic rings. The van der Waals surface area contributed by atoms with Crippen LogP contribution in [0.15, 0.2) is 30.5 Å². The van der Waals surface area contributed by atoms with Gasteiger partial charge in [-0.1, -0.05) is 30.7 Å². The highest BCUT2D eigenvalue weighted by molar-refractivity contribution is 6.35. The number of hydrogen-bond acceptors (Lipinski definition) is 1. The molecule has 0 aliphatic heterocycles. The van der Waals surface area contributed by atoms with Gasteiger partial charge in [0, 0.05) is 31.0 Å². The number of aromatic nitrogens is 1. The lowest BCUT2D eigenvalue weighted by molar-refractivity contribution is -0.118. The highest BCUT2D eigenvalue weighted by Gasteiger charge is 2.05. The Morgan fingerprint density at radius 2 is 2.18 bits per heavy atom. The van der Waals surface area contributed by atoms with Gasteiger partial charge >= 0.3 is 0 Å². The summed E-state index contributed by atoms with van der Waals surface area (Å²) in [6.07, 6.45) is 4.20. The maximum absolute atomic E-state index is 11.2. The van der Waals surface area contributed by atoms with Crippen molar-refractivity contribution in [3.05, 3.63) is 35.5 Å². The van der Waals surface area contributed by atoms with Crippen LogP contribution in [-0.2, 0) is 11.3 Å². The van der Waals surface area contributed by atoms with E-state index in [2.05, 4.69) is 16.7 Å². The van der Waals surface area contributed by atoms with Crippen molar-refractivity contribution in [3.63, 3.8) is 0 Å². The molecule has 0 amide bonds. The molecule has 3 heteroatoms. The van der Waals surface area contributed by atoms with Crippen molar-refractivity contribution in [1.29, 1.82) is 0 Å². The Kier molecular flexibility index (Phi) is 3.85. The summed E-state index contributed by atoms with van der Waals surface area (Å²) in [5.41, 5.74) is 1.07. The zero-order valence-electron chi connectivity index (χ0n) is 9.95. The molecular weight excluding hydrogens is 234 g/mol. The van der Waals surface area contributed by atoms with Gasteiger partial charge in [0.15, 0.2) is 0 Å². The van der Waals surface area contributed by atoms with E-state index in [1.54, 1.807) is 0 Å². The van der Waals surface area contributed by atoms with Gasteiger partial charge in [0.2, 0.25) is 0 Å². The van der Waals surface area contributed by atoms with E-state index < -0.39 is 0 Å². The van der Waals surface area contributed by atoms with E-state index in [9.17, 15) is 4.79 Å². The summed E-state index contributed by atoms with van der Waals surface area (Å²) in [6.45, 7) is 2.75. The molecule has 0 aliphatic carbocycles. The molecule has 1 heterocycles. The fraction of sp³-hybridized carbons (Fsp3) is 0.357. The predicted molar refractivity (Wildman–Crippen MR) is 71.5 cm³/mol. The number of Topliss-reactive ketones (excluding diaryl/α,β-unsaturated/α-hetero) is 1. The van der Waals surface area contributed by atoms with Crippen molar-refractivity contribution in [2.75, 3.05) is 0 Å². The van der Waals surface area contributed by atoms with Gasteiger partial charge in [0.05, 0.1) is 10.5 Å². The second-order valence-electron chi connectivity index (χ2n) is 4.18. The molecule has 0 spiro atoms. The van der Waals surface area contributed by atoms with E-state index in [4.69, 9.17) is 11.6 Å². The number of benzene rings is 1. The fourth-order valence-electron chi connectivity index (χ4n) is 2.02. The van der Waals surface area contributed by atoms with E-state index >= 15 is 0 Å². The van der Waals surface area contributed by atoms with Crippen molar-refractivity contribution in [2.24, 2.45) is 0 Å². The number of nitrogens with zero attached hydrogens (tertiary/aromatic N) is 1. The van der Waals surface area contributed by atoms with Crippen LogP contribution in [0.25, 0.3) is 10.9 Å². The smallest absolute Gasteiger partial charge is 0.132 e. The van der Waals surface area contributed by atoms with Crippen LogP contribution in [0, 0.1) is 0 Å². The molecule has 0 aliphatic rings. The SMILES string of the molecule is CCC(=O)CCCn1ccc2cccc(Cl)c21. The lowest BCUT2D eigenvalue weighted by Gasteiger charge is -2.06. The van der Waals surface area contributed by atoms with E-state index in [1.807, 2.05) is 25.3 Å². The first kappa shape index (κ1) is 12.2. The molecule has 90 valence electrons. The normalized spacial score (nSPS) is 10.9. The van der Waals surface area contributed by atoms with Gasteiger partial charge in [0.1, 0.15) is 5.78 Å². The van der Waals surface area contributed by atoms with Crippen LogP contribution in [-0.4, -0.2) is 10.4 Å². The van der Waals surface area contributed by atoms with Crippen molar-refractivity contribution in [2.45, 2.75) is 32.7 Å². The number of ketones is 1. The maximum atomic E-state index is 11.2. The topological polar surface area (TPSA) is 22.0 Å². The highest BCUT2D eigenvalue weighted by atomic mass is 35.5. The first-order chi connectivity index (χ1) is 8.22. The molecule has 0 radical (unpaired) electrons. The van der Waals surface area contributed by atoms with E-state index in [0.29, 0.717) is 18.6 Å². The van der Waals surface area contributed by atoms with Crippen molar-refractivity contribution < 1.29 is 4.79 Å². The summed E-state index contributed by atoms with van der Waals surface area (Å²) in [4.78, 5) is 11.2. The molecule has 17 heavy (non-hydrogen) atoms. The standard InChI is InChI=1S/C14H16ClNO/c1-2-12(17)6-4-9-16-10-8-11-5-3-7-13(15)14(11)16/h3,5,7-8,10H,2,4,6,9H2,1H3. The second-order valence-corrected chi connectivity index (χ2v) is 4.59. The molecule has 0 saturated carbocycles. The molecule has 0 saturated heterocycles. The quantitative estimate of drug-likeness (QED) is 0.784. The third-order valence-electron chi connectivity index (χ3n) is 2.99. The second kappa shape index (κ2) is 5.37. The molecule has 0 atom stereocenters. The molecule has 0 unspecified atom stereocenters. The number of hydrogen-bond donors (Lipinski definition) is 0. The number of rotatable bonds is 5. The molecule has 2 nitrogen and oxygen atoms in total. The van der Waals surface area contributed by atoms with Crippen LogP contribution in [0.4, 0.5) is 0 Å². The van der Waals surface area contributed by atoms with Crippen molar-refractivity contribution >= 4 is 28.3 Å². The number of carbonyl (C=O) groups excluding carboxylic acids is 1. The molecule has 0 N–H and O–H groups in total. The first-order valence-electron chi connectivity index (χ1n) is 5.97. The largest absolute Gasteiger partial charge is 0.346 e. The van der Waals surface area contributed by atoms with Gasteiger partial charge in [-0.05, 0) is 18.6 Å². The lowest BCUT2D eigenvalue weighted by atomic mass is 10.2. The Labute approximate surface area is 106 Å². The summed E-state index contributed by atoms with van der Waals surface area (Å²) >= 11 is 6.18.